The largest absolute Gasteiger partial charge is 0.297 e. The molecule has 0 N–H and O–H groups in total. The lowest BCUT2D eigenvalue weighted by Gasteiger charge is -2.38. The molecule has 0 saturated carbocycles. The number of rotatable bonds is 7. The molecule has 3 aromatic carbocycles. The first-order valence-electron chi connectivity index (χ1n) is 12.8. The summed E-state index contributed by atoms with van der Waals surface area (Å²) in [5.74, 6) is 0.815. The molecule has 37 heavy (non-hydrogen) atoms. The van der Waals surface area contributed by atoms with Crippen LogP contribution in [0.5, 0.6) is 0 Å². The van der Waals surface area contributed by atoms with Crippen LogP contribution in [0.2, 0.25) is 5.02 Å². The van der Waals surface area contributed by atoms with E-state index in [9.17, 15) is 0 Å². The lowest BCUT2D eigenvalue weighted by atomic mass is 10.0. The molecule has 5 rings (SSSR count). The van der Waals surface area contributed by atoms with E-state index in [1.54, 1.807) is 0 Å². The van der Waals surface area contributed by atoms with E-state index in [1.165, 1.54) is 5.56 Å². The molecule has 0 spiro atoms. The van der Waals surface area contributed by atoms with Gasteiger partial charge in [0.25, 0.3) is 0 Å². The van der Waals surface area contributed by atoms with E-state index in [4.69, 9.17) is 11.6 Å². The number of benzene rings is 3. The summed E-state index contributed by atoms with van der Waals surface area (Å²) in [7, 11) is 0. The molecule has 1 aliphatic rings. The molecule has 0 unspecified atom stereocenters. The third kappa shape index (κ3) is 5.67. The molecule has 1 fully saturated rings. The molecule has 1 saturated heterocycles. The molecule has 6 nitrogen and oxygen atoms in total. The van der Waals surface area contributed by atoms with E-state index < -0.39 is 0 Å². The number of tetrazole rings is 1. The zero-order valence-electron chi connectivity index (χ0n) is 21.7. The van der Waals surface area contributed by atoms with Crippen LogP contribution in [0.4, 0.5) is 0 Å². The average Bonchev–Trinajstić information content (AvgIpc) is 3.36. The molecule has 4 aromatic rings. The Kier molecular flexibility index (Phi) is 7.79. The molecule has 190 valence electrons. The van der Waals surface area contributed by atoms with Gasteiger partial charge in [0.05, 0.1) is 11.7 Å². The number of aryl methyl sites for hydroxylation is 3. The first-order chi connectivity index (χ1) is 18.0. The van der Waals surface area contributed by atoms with E-state index in [0.29, 0.717) is 0 Å². The Bertz CT molecular complexity index is 1350. The van der Waals surface area contributed by atoms with E-state index in [0.717, 1.165) is 71.5 Å². The van der Waals surface area contributed by atoms with Gasteiger partial charge in [0.2, 0.25) is 0 Å². The second kappa shape index (κ2) is 11.4. The van der Waals surface area contributed by atoms with Gasteiger partial charge >= 0.3 is 0 Å². The second-order valence-electron chi connectivity index (χ2n) is 9.75. The predicted molar refractivity (Wildman–Crippen MR) is 150 cm³/mol. The highest BCUT2D eigenvalue weighted by Gasteiger charge is 2.31. The van der Waals surface area contributed by atoms with Gasteiger partial charge in [0.1, 0.15) is 0 Å². The van der Waals surface area contributed by atoms with Crippen molar-refractivity contribution in [1.82, 2.24) is 30.0 Å². The monoisotopic (exact) mass is 512 g/mol. The van der Waals surface area contributed by atoms with Crippen LogP contribution in [0, 0.1) is 20.8 Å². The molecule has 1 atom stereocenters. The predicted octanol–water partition coefficient (Wildman–Crippen LogP) is 5.66. The SMILES string of the molecule is Cc1ccc([C@H](c2nnnn2-c2c(C)cccc2C)N2CCN(C/C=C/c3ccccc3)CC2)cc1Cl. The normalized spacial score (nSPS) is 15.9. The second-order valence-corrected chi connectivity index (χ2v) is 10.2. The zero-order valence-corrected chi connectivity index (χ0v) is 22.4. The number of piperazine rings is 1. The van der Waals surface area contributed by atoms with Crippen LogP contribution in [0.1, 0.15) is 39.7 Å². The minimum atomic E-state index is -0.103. The Morgan fingerprint density at radius 3 is 2.30 bits per heavy atom. The van der Waals surface area contributed by atoms with E-state index in [2.05, 4.69) is 112 Å². The summed E-state index contributed by atoms with van der Waals surface area (Å²) in [5, 5.41) is 13.9. The van der Waals surface area contributed by atoms with Crippen LogP contribution in [-0.2, 0) is 0 Å². The summed E-state index contributed by atoms with van der Waals surface area (Å²) in [6.45, 7) is 10.9. The molecular weight excluding hydrogens is 480 g/mol. The fraction of sp³-hybridized carbons (Fsp3) is 0.300. The van der Waals surface area contributed by atoms with Gasteiger partial charge < -0.3 is 0 Å². The third-order valence-electron chi connectivity index (χ3n) is 7.15. The van der Waals surface area contributed by atoms with Crippen LogP contribution in [0.25, 0.3) is 11.8 Å². The topological polar surface area (TPSA) is 50.1 Å². The number of para-hydroxylation sites is 1. The standard InChI is InChI=1S/C30H33ClN6/c1-22-14-15-26(21-27(22)31)29(30-32-33-34-37(30)28-23(2)9-7-10-24(28)3)36-19-17-35(18-20-36)16-8-13-25-11-5-4-6-12-25/h4-15,21,29H,16-20H2,1-3H3/b13-8+/t29-/m1/s1. The van der Waals surface area contributed by atoms with Gasteiger partial charge in [-0.1, -0.05) is 84.4 Å². The van der Waals surface area contributed by atoms with Gasteiger partial charge in [-0.15, -0.1) is 5.10 Å². The molecular formula is C30H33ClN6. The quantitative estimate of drug-likeness (QED) is 0.320. The molecule has 1 aromatic heterocycles. The molecule has 2 heterocycles. The Morgan fingerprint density at radius 2 is 1.59 bits per heavy atom. The number of halogens is 1. The highest BCUT2D eigenvalue weighted by atomic mass is 35.5. The summed E-state index contributed by atoms with van der Waals surface area (Å²) in [4.78, 5) is 4.97. The van der Waals surface area contributed by atoms with Crippen LogP contribution < -0.4 is 0 Å². The summed E-state index contributed by atoms with van der Waals surface area (Å²) in [6, 6.07) is 22.9. The minimum Gasteiger partial charge on any atom is -0.297 e. The smallest absolute Gasteiger partial charge is 0.178 e. The summed E-state index contributed by atoms with van der Waals surface area (Å²) < 4.78 is 1.91. The lowest BCUT2D eigenvalue weighted by molar-refractivity contribution is 0.113. The maximum Gasteiger partial charge on any atom is 0.178 e. The summed E-state index contributed by atoms with van der Waals surface area (Å²) >= 11 is 6.60. The Labute approximate surface area is 224 Å². The lowest BCUT2D eigenvalue weighted by Crippen LogP contribution is -2.48. The fourth-order valence-corrected chi connectivity index (χ4v) is 5.26. The highest BCUT2D eigenvalue weighted by molar-refractivity contribution is 6.31. The summed E-state index contributed by atoms with van der Waals surface area (Å²) in [5.41, 5.74) is 6.73. The van der Waals surface area contributed by atoms with Crippen molar-refractivity contribution < 1.29 is 0 Å². The van der Waals surface area contributed by atoms with Crippen LogP contribution in [0.15, 0.2) is 72.8 Å². The minimum absolute atomic E-state index is 0.103. The van der Waals surface area contributed by atoms with Crippen LogP contribution >= 0.6 is 11.6 Å². The zero-order chi connectivity index (χ0) is 25.8. The van der Waals surface area contributed by atoms with Crippen molar-refractivity contribution in [2.45, 2.75) is 26.8 Å². The fourth-order valence-electron chi connectivity index (χ4n) is 5.07. The number of hydrogen-bond donors (Lipinski definition) is 0. The van der Waals surface area contributed by atoms with Gasteiger partial charge in [-0.3, -0.25) is 9.80 Å². The van der Waals surface area contributed by atoms with Gasteiger partial charge in [0.15, 0.2) is 5.82 Å². The first kappa shape index (κ1) is 25.3. The highest BCUT2D eigenvalue weighted by Crippen LogP contribution is 2.33. The first-order valence-corrected chi connectivity index (χ1v) is 13.2. The van der Waals surface area contributed by atoms with Gasteiger partial charge in [-0.2, -0.15) is 4.68 Å². The average molecular weight is 513 g/mol. The van der Waals surface area contributed by atoms with Gasteiger partial charge in [-0.05, 0) is 65.1 Å². The number of hydrogen-bond acceptors (Lipinski definition) is 5. The van der Waals surface area contributed by atoms with Crippen molar-refractivity contribution in [3.63, 3.8) is 0 Å². The maximum absolute atomic E-state index is 6.60. The summed E-state index contributed by atoms with van der Waals surface area (Å²) in [6.07, 6.45) is 4.45. The molecule has 7 heteroatoms. The van der Waals surface area contributed by atoms with Crippen molar-refractivity contribution >= 4 is 17.7 Å². The Balaban J connectivity index is 1.41. The van der Waals surface area contributed by atoms with Crippen molar-refractivity contribution in [2.75, 3.05) is 32.7 Å². The molecule has 1 aliphatic heterocycles. The van der Waals surface area contributed by atoms with Crippen molar-refractivity contribution in [3.8, 4) is 5.69 Å². The maximum atomic E-state index is 6.60. The molecule has 0 bridgehead atoms. The molecule has 0 radical (unpaired) electrons. The van der Waals surface area contributed by atoms with Gasteiger partial charge in [-0.25, -0.2) is 0 Å². The molecule has 0 amide bonds. The van der Waals surface area contributed by atoms with E-state index >= 15 is 0 Å². The Morgan fingerprint density at radius 1 is 0.865 bits per heavy atom. The van der Waals surface area contributed by atoms with Crippen molar-refractivity contribution in [1.29, 1.82) is 0 Å². The van der Waals surface area contributed by atoms with E-state index in [-0.39, 0.29) is 6.04 Å². The van der Waals surface area contributed by atoms with Crippen molar-refractivity contribution in [2.24, 2.45) is 0 Å². The molecule has 0 aliphatic carbocycles. The van der Waals surface area contributed by atoms with Crippen LogP contribution in [-0.4, -0.2) is 62.7 Å². The van der Waals surface area contributed by atoms with Crippen LogP contribution in [0.3, 0.4) is 0 Å². The van der Waals surface area contributed by atoms with E-state index in [1.807, 2.05) is 17.7 Å². The Hall–Kier alpha value is -3.32. The third-order valence-corrected chi connectivity index (χ3v) is 7.55. The number of aromatic nitrogens is 4. The van der Waals surface area contributed by atoms with Gasteiger partial charge in [0, 0.05) is 37.7 Å². The van der Waals surface area contributed by atoms with Crippen molar-refractivity contribution in [3.05, 3.63) is 111 Å². The number of nitrogens with zero attached hydrogens (tertiary/aromatic N) is 6.